The van der Waals surface area contributed by atoms with Gasteiger partial charge in [-0.05, 0) is 57.4 Å². The number of aromatic nitrogens is 2. The fourth-order valence-corrected chi connectivity index (χ4v) is 5.49. The standard InChI is InChI=1S/C38H43N5O6S/c1-7-9-15-22-50-43-35(44)28-18-13-14-19-29(28)39-36(45)33(42-37(46)49-38(3,4)5)27-20-21-30(25(8-2)23-27)48-32-24-31(47-6)40-34(41-32)26-16-11-10-12-17-26/h7-8,10-14,16-21,23-25,30,33H,1-2,9,15,22H2,3-6H3,(H,39,45)(H,42,46)(H,43,44). The monoisotopic (exact) mass is 697 g/mol. The Morgan fingerprint density at radius 3 is 2.44 bits per heavy atom. The quantitative estimate of drug-likeness (QED) is 0.0864. The van der Waals surface area contributed by atoms with Crippen LogP contribution in [0.2, 0.25) is 0 Å². The van der Waals surface area contributed by atoms with Gasteiger partial charge < -0.3 is 24.8 Å². The fraction of sp³-hybridized carbons (Fsp3) is 0.289. The van der Waals surface area contributed by atoms with Crippen LogP contribution in [-0.2, 0) is 9.53 Å². The first-order chi connectivity index (χ1) is 24.0. The van der Waals surface area contributed by atoms with Crippen molar-refractivity contribution >= 4 is 35.5 Å². The van der Waals surface area contributed by atoms with E-state index in [-0.39, 0.29) is 23.0 Å². The van der Waals surface area contributed by atoms with Crippen molar-refractivity contribution in [1.82, 2.24) is 20.0 Å². The molecule has 12 heteroatoms. The maximum absolute atomic E-state index is 13.9. The minimum atomic E-state index is -1.20. The first-order valence-electron chi connectivity index (χ1n) is 16.1. The number of ether oxygens (including phenoxy) is 3. The van der Waals surface area contributed by atoms with E-state index in [4.69, 9.17) is 14.2 Å². The zero-order valence-corrected chi connectivity index (χ0v) is 29.5. The third kappa shape index (κ3) is 10.8. The lowest BCUT2D eigenvalue weighted by Crippen LogP contribution is -2.47. The van der Waals surface area contributed by atoms with Crippen LogP contribution in [0.3, 0.4) is 0 Å². The predicted octanol–water partition coefficient (Wildman–Crippen LogP) is 7.07. The SMILES string of the molecule is C=CCCCSNC(=O)c1ccccc1NC(=O)C(NC(=O)OC(C)(C)C)C1=CC(C=C)C(Oc2cc(OC)nc(-c3ccccc3)n2)C=C1. The molecule has 3 amide bonds. The number of nitrogens with one attached hydrogen (secondary N) is 3. The fourth-order valence-electron chi connectivity index (χ4n) is 4.84. The third-order valence-electron chi connectivity index (χ3n) is 7.20. The summed E-state index contributed by atoms with van der Waals surface area (Å²) >= 11 is 1.28. The van der Waals surface area contributed by atoms with Crippen molar-refractivity contribution in [3.05, 3.63) is 115 Å². The molecule has 0 saturated carbocycles. The van der Waals surface area contributed by atoms with Crippen LogP contribution >= 0.6 is 11.9 Å². The Hall–Kier alpha value is -5.36. The molecule has 0 radical (unpaired) electrons. The van der Waals surface area contributed by atoms with Gasteiger partial charge in [0, 0.05) is 17.2 Å². The number of benzene rings is 2. The van der Waals surface area contributed by atoms with E-state index < -0.39 is 35.7 Å². The molecule has 50 heavy (non-hydrogen) atoms. The molecule has 3 atom stereocenters. The number of allylic oxidation sites excluding steroid dienone is 1. The molecule has 1 aliphatic rings. The van der Waals surface area contributed by atoms with Crippen molar-refractivity contribution in [1.29, 1.82) is 0 Å². The highest BCUT2D eigenvalue weighted by Gasteiger charge is 2.31. The Balaban J connectivity index is 1.57. The first kappa shape index (κ1) is 37.5. The average molecular weight is 698 g/mol. The van der Waals surface area contributed by atoms with Gasteiger partial charge in [-0.1, -0.05) is 78.7 Å². The van der Waals surface area contributed by atoms with Gasteiger partial charge in [0.25, 0.3) is 11.8 Å². The number of anilines is 1. The summed E-state index contributed by atoms with van der Waals surface area (Å²) < 4.78 is 20.0. The van der Waals surface area contributed by atoms with E-state index in [0.29, 0.717) is 23.0 Å². The van der Waals surface area contributed by atoms with Crippen molar-refractivity contribution in [2.24, 2.45) is 5.92 Å². The normalized spacial score (nSPS) is 15.9. The second-order valence-electron chi connectivity index (χ2n) is 12.2. The van der Waals surface area contributed by atoms with Gasteiger partial charge in [0.15, 0.2) is 5.82 Å². The Labute approximate surface area is 297 Å². The zero-order valence-electron chi connectivity index (χ0n) is 28.7. The van der Waals surface area contributed by atoms with Crippen molar-refractivity contribution in [3.8, 4) is 23.1 Å². The molecule has 4 rings (SSSR count). The maximum Gasteiger partial charge on any atom is 0.408 e. The minimum absolute atomic E-state index is 0.272. The van der Waals surface area contributed by atoms with Gasteiger partial charge in [0.2, 0.25) is 11.8 Å². The van der Waals surface area contributed by atoms with Crippen molar-refractivity contribution in [2.75, 3.05) is 18.2 Å². The van der Waals surface area contributed by atoms with Crippen LogP contribution in [0, 0.1) is 5.92 Å². The van der Waals surface area contributed by atoms with Crippen molar-refractivity contribution in [3.63, 3.8) is 0 Å². The van der Waals surface area contributed by atoms with Gasteiger partial charge in [-0.2, -0.15) is 9.97 Å². The Morgan fingerprint density at radius 1 is 1.02 bits per heavy atom. The van der Waals surface area contributed by atoms with Crippen LogP contribution in [0.25, 0.3) is 11.4 Å². The molecule has 1 heterocycles. The second kappa shape index (κ2) is 17.9. The van der Waals surface area contributed by atoms with Crippen LogP contribution < -0.4 is 24.8 Å². The van der Waals surface area contributed by atoms with E-state index in [1.54, 1.807) is 75.4 Å². The molecule has 1 aliphatic carbocycles. The van der Waals surface area contributed by atoms with E-state index in [1.807, 2.05) is 36.4 Å². The molecule has 262 valence electrons. The van der Waals surface area contributed by atoms with Gasteiger partial charge in [-0.15, -0.1) is 13.2 Å². The van der Waals surface area contributed by atoms with Crippen molar-refractivity contribution in [2.45, 2.75) is 51.4 Å². The van der Waals surface area contributed by atoms with Crippen LogP contribution in [0.5, 0.6) is 11.8 Å². The van der Waals surface area contributed by atoms with E-state index in [9.17, 15) is 14.4 Å². The van der Waals surface area contributed by atoms with E-state index in [0.717, 1.165) is 18.4 Å². The summed E-state index contributed by atoms with van der Waals surface area (Å²) in [6.07, 6.45) is 9.12. The largest absolute Gasteiger partial charge is 0.481 e. The number of para-hydroxylation sites is 1. The number of rotatable bonds is 15. The van der Waals surface area contributed by atoms with Crippen LogP contribution in [0.15, 0.2) is 110 Å². The number of hydrogen-bond acceptors (Lipinski definition) is 9. The highest BCUT2D eigenvalue weighted by atomic mass is 32.2. The first-order valence-corrected chi connectivity index (χ1v) is 17.1. The summed E-state index contributed by atoms with van der Waals surface area (Å²) in [4.78, 5) is 49.0. The van der Waals surface area contributed by atoms with Crippen LogP contribution in [-0.4, -0.2) is 58.5 Å². The zero-order chi connectivity index (χ0) is 36.1. The van der Waals surface area contributed by atoms with E-state index in [2.05, 4.69) is 38.5 Å². The second-order valence-corrected chi connectivity index (χ2v) is 13.1. The lowest BCUT2D eigenvalue weighted by molar-refractivity contribution is -0.117. The molecule has 3 N–H and O–H groups in total. The smallest absolute Gasteiger partial charge is 0.408 e. The maximum atomic E-state index is 13.9. The average Bonchev–Trinajstić information content (AvgIpc) is 3.10. The number of alkyl carbamates (subject to hydrolysis) is 1. The van der Waals surface area contributed by atoms with E-state index in [1.165, 1.54) is 19.1 Å². The number of amides is 3. The van der Waals surface area contributed by atoms with Gasteiger partial charge in [0.1, 0.15) is 17.7 Å². The number of carbonyl (C=O) groups excluding carboxylic acids is 3. The summed E-state index contributed by atoms with van der Waals surface area (Å²) in [5.41, 5.74) is 1.00. The predicted molar refractivity (Wildman–Crippen MR) is 197 cm³/mol. The van der Waals surface area contributed by atoms with Crippen LogP contribution in [0.1, 0.15) is 44.0 Å². The van der Waals surface area contributed by atoms with Crippen molar-refractivity contribution < 1.29 is 28.6 Å². The molecule has 0 fully saturated rings. The topological polar surface area (TPSA) is 141 Å². The number of carbonyl (C=O) groups is 3. The summed E-state index contributed by atoms with van der Waals surface area (Å²) in [5.74, 6) is 0.389. The molecule has 0 aliphatic heterocycles. The Morgan fingerprint density at radius 2 is 1.74 bits per heavy atom. The van der Waals surface area contributed by atoms with Gasteiger partial charge in [-0.25, -0.2) is 4.79 Å². The molecular weight excluding hydrogens is 655 g/mol. The van der Waals surface area contributed by atoms with E-state index >= 15 is 0 Å². The highest BCUT2D eigenvalue weighted by molar-refractivity contribution is 7.97. The Kier molecular flexibility index (Phi) is 13.4. The summed E-state index contributed by atoms with van der Waals surface area (Å²) in [6, 6.07) is 16.5. The molecule has 0 spiro atoms. The third-order valence-corrected chi connectivity index (χ3v) is 8.02. The molecule has 3 unspecified atom stereocenters. The number of methoxy groups -OCH3 is 1. The number of nitrogens with zero attached hydrogens (tertiary/aromatic N) is 2. The molecular formula is C38H43N5O6S. The molecule has 0 bridgehead atoms. The van der Waals surface area contributed by atoms with Crippen LogP contribution in [0.4, 0.5) is 10.5 Å². The highest BCUT2D eigenvalue weighted by Crippen LogP contribution is 2.29. The molecule has 1 aromatic heterocycles. The molecule has 3 aromatic rings. The summed E-state index contributed by atoms with van der Waals surface area (Å²) in [7, 11) is 1.52. The molecule has 0 saturated heterocycles. The van der Waals surface area contributed by atoms with Gasteiger partial charge >= 0.3 is 6.09 Å². The number of hydrogen-bond donors (Lipinski definition) is 3. The summed E-state index contributed by atoms with van der Waals surface area (Å²) in [6.45, 7) is 12.9. The molecule has 2 aromatic carbocycles. The summed E-state index contributed by atoms with van der Waals surface area (Å²) in [5, 5.41) is 5.53. The van der Waals surface area contributed by atoms with Gasteiger partial charge in [0.05, 0.1) is 24.4 Å². The number of unbranched alkanes of at least 4 members (excludes halogenated alkanes) is 1. The van der Waals surface area contributed by atoms with Gasteiger partial charge in [-0.3, -0.25) is 14.3 Å². The minimum Gasteiger partial charge on any atom is -0.481 e. The lowest BCUT2D eigenvalue weighted by Gasteiger charge is -2.28. The molecule has 11 nitrogen and oxygen atoms in total. The Bertz CT molecular complexity index is 1740. The lowest BCUT2D eigenvalue weighted by atomic mass is 9.90.